The van der Waals surface area contributed by atoms with Crippen LogP contribution in [0.3, 0.4) is 0 Å². The van der Waals surface area contributed by atoms with Gasteiger partial charge in [0, 0.05) is 11.6 Å². The molecule has 0 saturated heterocycles. The van der Waals surface area contributed by atoms with Crippen LogP contribution in [0, 0.1) is 12.7 Å². The number of halogens is 1. The van der Waals surface area contributed by atoms with E-state index in [1.165, 1.54) is 0 Å². The third-order valence-corrected chi connectivity index (χ3v) is 3.07. The summed E-state index contributed by atoms with van der Waals surface area (Å²) in [5, 5.41) is 3.44. The van der Waals surface area contributed by atoms with Gasteiger partial charge < -0.3 is 5.32 Å². The van der Waals surface area contributed by atoms with Crippen LogP contribution in [0.2, 0.25) is 0 Å². The van der Waals surface area contributed by atoms with E-state index >= 15 is 0 Å². The molecule has 0 aliphatic heterocycles. The summed E-state index contributed by atoms with van der Waals surface area (Å²) >= 11 is 0. The van der Waals surface area contributed by atoms with Gasteiger partial charge in [-0.3, -0.25) is 0 Å². The molecule has 0 amide bonds. The molecule has 0 spiro atoms. The molecule has 0 radical (unpaired) electrons. The maximum absolute atomic E-state index is 13.9. The number of aryl methyl sites for hydroxylation is 1. The second-order valence-electron chi connectivity index (χ2n) is 4.75. The summed E-state index contributed by atoms with van der Waals surface area (Å²) in [5.41, 5.74) is 1.91. The van der Waals surface area contributed by atoms with E-state index in [1.54, 1.807) is 6.07 Å². The van der Waals surface area contributed by atoms with E-state index in [1.807, 2.05) is 25.1 Å². The topological polar surface area (TPSA) is 12.0 Å². The van der Waals surface area contributed by atoms with Crippen molar-refractivity contribution >= 4 is 0 Å². The summed E-state index contributed by atoms with van der Waals surface area (Å²) in [4.78, 5) is 0. The van der Waals surface area contributed by atoms with Crippen molar-refractivity contribution in [2.75, 3.05) is 6.54 Å². The van der Waals surface area contributed by atoms with E-state index in [-0.39, 0.29) is 11.9 Å². The van der Waals surface area contributed by atoms with E-state index < -0.39 is 0 Å². The molecule has 0 bridgehead atoms. The van der Waals surface area contributed by atoms with Crippen molar-refractivity contribution in [2.45, 2.75) is 45.6 Å². The number of allylic oxidation sites excluding steroid dienone is 1. The van der Waals surface area contributed by atoms with Gasteiger partial charge in [-0.25, -0.2) is 4.39 Å². The molecule has 1 N–H and O–H groups in total. The predicted octanol–water partition coefficient (Wildman–Crippen LogP) is 4.53. The van der Waals surface area contributed by atoms with Crippen LogP contribution < -0.4 is 5.32 Å². The number of nitrogens with one attached hydrogen (secondary N) is 1. The molecule has 1 atom stereocenters. The minimum atomic E-state index is -0.104. The molecule has 1 unspecified atom stereocenters. The van der Waals surface area contributed by atoms with Gasteiger partial charge in [0.1, 0.15) is 5.82 Å². The zero-order valence-corrected chi connectivity index (χ0v) is 11.5. The molecule has 0 aliphatic carbocycles. The average Bonchev–Trinajstić information content (AvgIpc) is 2.37. The van der Waals surface area contributed by atoms with Crippen molar-refractivity contribution in [3.05, 3.63) is 47.8 Å². The zero-order valence-electron chi connectivity index (χ0n) is 11.5. The summed E-state index contributed by atoms with van der Waals surface area (Å²) < 4.78 is 13.9. The van der Waals surface area contributed by atoms with Crippen LogP contribution in [-0.4, -0.2) is 6.54 Å². The van der Waals surface area contributed by atoms with E-state index in [2.05, 4.69) is 18.8 Å². The molecule has 0 fully saturated rings. The number of hydrogen-bond acceptors (Lipinski definition) is 1. The monoisotopic (exact) mass is 249 g/mol. The molecular formula is C16H24FN. The normalized spacial score (nSPS) is 12.4. The fraction of sp³-hybridized carbons (Fsp3) is 0.500. The van der Waals surface area contributed by atoms with Gasteiger partial charge in [-0.15, -0.1) is 6.58 Å². The first-order valence-electron chi connectivity index (χ1n) is 6.79. The Morgan fingerprint density at radius 1 is 1.44 bits per heavy atom. The molecule has 1 rings (SSSR count). The van der Waals surface area contributed by atoms with Gasteiger partial charge in [0.2, 0.25) is 0 Å². The molecule has 0 aliphatic rings. The summed E-state index contributed by atoms with van der Waals surface area (Å²) in [6.07, 6.45) is 5.96. The quantitative estimate of drug-likeness (QED) is 0.527. The highest BCUT2D eigenvalue weighted by Crippen LogP contribution is 2.23. The van der Waals surface area contributed by atoms with Crippen LogP contribution in [-0.2, 0) is 0 Å². The van der Waals surface area contributed by atoms with E-state index in [0.29, 0.717) is 0 Å². The van der Waals surface area contributed by atoms with Gasteiger partial charge in [-0.05, 0) is 45.2 Å². The van der Waals surface area contributed by atoms with Crippen LogP contribution in [0.4, 0.5) is 4.39 Å². The highest BCUT2D eigenvalue weighted by Gasteiger charge is 2.14. The van der Waals surface area contributed by atoms with Gasteiger partial charge >= 0.3 is 0 Å². The van der Waals surface area contributed by atoms with Gasteiger partial charge in [-0.2, -0.15) is 0 Å². The average molecular weight is 249 g/mol. The highest BCUT2D eigenvalue weighted by molar-refractivity contribution is 5.26. The van der Waals surface area contributed by atoms with Crippen molar-refractivity contribution in [2.24, 2.45) is 0 Å². The Morgan fingerprint density at radius 2 is 2.22 bits per heavy atom. The lowest BCUT2D eigenvalue weighted by Gasteiger charge is -2.20. The van der Waals surface area contributed by atoms with Crippen LogP contribution in [0.1, 0.15) is 49.8 Å². The third kappa shape index (κ3) is 4.61. The minimum Gasteiger partial charge on any atom is -0.310 e. The smallest absolute Gasteiger partial charge is 0.127 e. The van der Waals surface area contributed by atoms with Gasteiger partial charge in [0.05, 0.1) is 0 Å². The lowest BCUT2D eigenvalue weighted by atomic mass is 9.98. The Hall–Kier alpha value is -1.15. The summed E-state index contributed by atoms with van der Waals surface area (Å²) in [6, 6.07) is 5.46. The number of unbranched alkanes of at least 4 members (excludes halogenated alkanes) is 1. The van der Waals surface area contributed by atoms with Crippen molar-refractivity contribution in [3.63, 3.8) is 0 Å². The molecule has 1 aromatic carbocycles. The molecule has 100 valence electrons. The zero-order chi connectivity index (χ0) is 13.4. The fourth-order valence-electron chi connectivity index (χ4n) is 2.08. The lowest BCUT2D eigenvalue weighted by Crippen LogP contribution is -2.23. The van der Waals surface area contributed by atoms with Crippen molar-refractivity contribution in [3.8, 4) is 0 Å². The number of benzene rings is 1. The molecule has 2 heteroatoms. The summed E-state index contributed by atoms with van der Waals surface area (Å²) in [6.45, 7) is 8.78. The Kier molecular flexibility index (Phi) is 6.66. The Bertz CT molecular complexity index is 373. The molecular weight excluding hydrogens is 225 g/mol. The van der Waals surface area contributed by atoms with Gasteiger partial charge in [0.25, 0.3) is 0 Å². The second kappa shape index (κ2) is 8.04. The Balaban J connectivity index is 2.78. The highest BCUT2D eigenvalue weighted by atomic mass is 19.1. The van der Waals surface area contributed by atoms with Crippen molar-refractivity contribution in [1.29, 1.82) is 0 Å². The standard InChI is InChI=1S/C16H24FN/c1-4-6-7-8-16(18-11-5-2)14-12-13(3)9-10-15(14)17/h4,9-10,12,16,18H,1,5-8,11H2,2-3H3. The maximum atomic E-state index is 13.9. The van der Waals surface area contributed by atoms with Crippen LogP contribution in [0.25, 0.3) is 0 Å². The minimum absolute atomic E-state index is 0.104. The molecule has 1 nitrogen and oxygen atoms in total. The predicted molar refractivity (Wildman–Crippen MR) is 76.2 cm³/mol. The summed E-state index contributed by atoms with van der Waals surface area (Å²) in [7, 11) is 0. The number of hydrogen-bond donors (Lipinski definition) is 1. The maximum Gasteiger partial charge on any atom is 0.127 e. The Morgan fingerprint density at radius 3 is 2.89 bits per heavy atom. The summed E-state index contributed by atoms with van der Waals surface area (Å²) in [5.74, 6) is -0.104. The molecule has 0 aromatic heterocycles. The molecule has 1 aromatic rings. The largest absolute Gasteiger partial charge is 0.310 e. The van der Waals surface area contributed by atoms with Crippen LogP contribution >= 0.6 is 0 Å². The molecule has 18 heavy (non-hydrogen) atoms. The molecule has 0 saturated carbocycles. The van der Waals surface area contributed by atoms with E-state index in [0.717, 1.165) is 43.4 Å². The van der Waals surface area contributed by atoms with Gasteiger partial charge in [-0.1, -0.05) is 30.7 Å². The number of rotatable bonds is 8. The van der Waals surface area contributed by atoms with E-state index in [9.17, 15) is 4.39 Å². The fourth-order valence-corrected chi connectivity index (χ4v) is 2.08. The first-order chi connectivity index (χ1) is 8.69. The van der Waals surface area contributed by atoms with E-state index in [4.69, 9.17) is 0 Å². The first kappa shape index (κ1) is 14.9. The lowest BCUT2D eigenvalue weighted by molar-refractivity contribution is 0.463. The van der Waals surface area contributed by atoms with Gasteiger partial charge in [0.15, 0.2) is 0 Å². The molecule has 0 heterocycles. The third-order valence-electron chi connectivity index (χ3n) is 3.07. The van der Waals surface area contributed by atoms with Crippen molar-refractivity contribution < 1.29 is 4.39 Å². The van der Waals surface area contributed by atoms with Crippen molar-refractivity contribution in [1.82, 2.24) is 5.32 Å². The first-order valence-corrected chi connectivity index (χ1v) is 6.79. The second-order valence-corrected chi connectivity index (χ2v) is 4.75. The Labute approximate surface area is 110 Å². The SMILES string of the molecule is C=CCCCC(NCCC)c1cc(C)ccc1F. The van der Waals surface area contributed by atoms with Crippen LogP contribution in [0.5, 0.6) is 0 Å². The van der Waals surface area contributed by atoms with Crippen LogP contribution in [0.15, 0.2) is 30.9 Å².